The van der Waals surface area contributed by atoms with Crippen LogP contribution in [0.4, 0.5) is 5.69 Å². The number of nitrogens with zero attached hydrogens (tertiary/aromatic N) is 2. The highest BCUT2D eigenvalue weighted by atomic mass is 16.5. The maximum absolute atomic E-state index is 13.0. The van der Waals surface area contributed by atoms with E-state index in [0.717, 1.165) is 4.73 Å². The molecule has 2 amide bonds. The Morgan fingerprint density at radius 1 is 0.833 bits per heavy atom. The number of ether oxygens (including phenoxy) is 1. The molecule has 178 valence electrons. The molecular weight excluding hydrogens is 454 g/mol. The normalized spacial score (nSPS) is 11.5. The van der Waals surface area contributed by atoms with Crippen molar-refractivity contribution in [3.8, 4) is 5.75 Å². The molecule has 5 aromatic rings. The van der Waals surface area contributed by atoms with Crippen LogP contribution in [0.1, 0.15) is 27.6 Å². The van der Waals surface area contributed by atoms with Gasteiger partial charge in [-0.3, -0.25) is 9.59 Å². The lowest BCUT2D eigenvalue weighted by atomic mass is 10.1. The quantitative estimate of drug-likeness (QED) is 0.261. The maximum atomic E-state index is 13.0. The second-order valence-electron chi connectivity index (χ2n) is 8.11. The first kappa shape index (κ1) is 22.9. The Bertz CT molecular complexity index is 1660. The number of rotatable bonds is 5. The molecule has 0 aliphatic rings. The fraction of sp³-hybridized carbons (Fsp3) is 0.0690. The van der Waals surface area contributed by atoms with Gasteiger partial charge in [-0.25, -0.2) is 4.99 Å². The lowest BCUT2D eigenvalue weighted by molar-refractivity contribution is 0.0996. The summed E-state index contributed by atoms with van der Waals surface area (Å²) in [6.07, 6.45) is 0. The number of fused-ring (bicyclic) bond motifs is 2. The highest BCUT2D eigenvalue weighted by Crippen LogP contribution is 2.25. The van der Waals surface area contributed by atoms with Crippen molar-refractivity contribution >= 4 is 39.3 Å². The Morgan fingerprint density at radius 2 is 1.53 bits per heavy atom. The van der Waals surface area contributed by atoms with Gasteiger partial charge in [0.1, 0.15) is 5.75 Å². The largest absolute Gasteiger partial charge is 0.494 e. The van der Waals surface area contributed by atoms with E-state index in [4.69, 9.17) is 4.74 Å². The van der Waals surface area contributed by atoms with E-state index < -0.39 is 5.91 Å². The van der Waals surface area contributed by atoms with E-state index in [9.17, 15) is 14.8 Å². The molecule has 1 aromatic heterocycles. The van der Waals surface area contributed by atoms with Crippen molar-refractivity contribution in [3.63, 3.8) is 0 Å². The molecule has 0 saturated carbocycles. The Hall–Kier alpha value is -4.91. The fourth-order valence-corrected chi connectivity index (χ4v) is 4.07. The molecule has 0 saturated heterocycles. The molecule has 7 heteroatoms. The zero-order valence-electron chi connectivity index (χ0n) is 19.5. The van der Waals surface area contributed by atoms with Crippen LogP contribution in [-0.4, -0.2) is 28.4 Å². The number of nitrogens with one attached hydrogen (secondary N) is 1. The van der Waals surface area contributed by atoms with Crippen LogP contribution in [0.3, 0.4) is 0 Å². The molecular formula is C29H23N3O4. The first-order chi connectivity index (χ1) is 17.5. The van der Waals surface area contributed by atoms with Crippen molar-refractivity contribution in [1.29, 1.82) is 0 Å². The number of aromatic nitrogens is 1. The Labute approximate surface area is 206 Å². The third-order valence-corrected chi connectivity index (χ3v) is 5.77. The number of anilines is 1. The molecule has 0 aliphatic heterocycles. The highest BCUT2D eigenvalue weighted by Gasteiger charge is 2.14. The van der Waals surface area contributed by atoms with Gasteiger partial charge >= 0.3 is 0 Å². The van der Waals surface area contributed by atoms with Crippen LogP contribution in [0.2, 0.25) is 0 Å². The second kappa shape index (κ2) is 9.76. The monoisotopic (exact) mass is 477 g/mol. The number of hydrogen-bond acceptors (Lipinski definition) is 4. The summed E-state index contributed by atoms with van der Waals surface area (Å²) in [5.41, 5.74) is 2.28. The Kier molecular flexibility index (Phi) is 6.19. The van der Waals surface area contributed by atoms with Gasteiger partial charge in [-0.2, -0.15) is 4.73 Å². The van der Waals surface area contributed by atoms with E-state index in [1.807, 2.05) is 19.1 Å². The van der Waals surface area contributed by atoms with Crippen LogP contribution in [0.25, 0.3) is 21.8 Å². The summed E-state index contributed by atoms with van der Waals surface area (Å²) in [6.45, 7) is 2.35. The van der Waals surface area contributed by atoms with Gasteiger partial charge in [-0.05, 0) is 67.6 Å². The predicted molar refractivity (Wildman–Crippen MR) is 139 cm³/mol. The molecule has 0 spiro atoms. The zero-order chi connectivity index (χ0) is 25.1. The van der Waals surface area contributed by atoms with E-state index in [1.54, 1.807) is 84.9 Å². The van der Waals surface area contributed by atoms with E-state index in [1.165, 1.54) is 0 Å². The van der Waals surface area contributed by atoms with Gasteiger partial charge in [0.05, 0.1) is 23.0 Å². The molecule has 36 heavy (non-hydrogen) atoms. The lowest BCUT2D eigenvalue weighted by Gasteiger charge is -2.13. The maximum Gasteiger partial charge on any atom is 0.277 e. The smallest absolute Gasteiger partial charge is 0.277 e. The average Bonchev–Trinajstić information content (AvgIpc) is 2.92. The van der Waals surface area contributed by atoms with Crippen molar-refractivity contribution in [2.24, 2.45) is 4.99 Å². The van der Waals surface area contributed by atoms with E-state index in [2.05, 4.69) is 10.3 Å². The minimum Gasteiger partial charge on any atom is -0.494 e. The molecule has 5 rings (SSSR count). The summed E-state index contributed by atoms with van der Waals surface area (Å²) in [7, 11) is 0. The van der Waals surface area contributed by atoms with Gasteiger partial charge in [0.15, 0.2) is 0 Å². The first-order valence-electron chi connectivity index (χ1n) is 11.5. The first-order valence-corrected chi connectivity index (χ1v) is 11.5. The topological polar surface area (TPSA) is 92.9 Å². The summed E-state index contributed by atoms with van der Waals surface area (Å²) in [4.78, 5) is 30.2. The number of pyridine rings is 1. The fourth-order valence-electron chi connectivity index (χ4n) is 4.07. The summed E-state index contributed by atoms with van der Waals surface area (Å²) in [6, 6.07) is 28.0. The van der Waals surface area contributed by atoms with Gasteiger partial charge in [-0.15, -0.1) is 0 Å². The second-order valence-corrected chi connectivity index (χ2v) is 8.11. The zero-order valence-corrected chi connectivity index (χ0v) is 19.5. The van der Waals surface area contributed by atoms with Crippen LogP contribution in [-0.2, 0) is 0 Å². The molecule has 0 bridgehead atoms. The van der Waals surface area contributed by atoms with Gasteiger partial charge in [0, 0.05) is 27.6 Å². The lowest BCUT2D eigenvalue weighted by Crippen LogP contribution is -2.16. The van der Waals surface area contributed by atoms with Gasteiger partial charge in [0.25, 0.3) is 11.8 Å². The standard InChI is InChI=1S/C29H23N3O4/c1-2-36-22-14-16-25-24(18-22)27(31-29(34)20-11-7-4-8-12-20)23-15-13-21(17-26(23)32(25)35)30-28(33)19-9-5-3-6-10-19/h3-18,35H,2H2,1H3,(H,30,33). The molecule has 0 aliphatic carbocycles. The minimum atomic E-state index is -0.405. The van der Waals surface area contributed by atoms with Gasteiger partial charge in [0.2, 0.25) is 0 Å². The molecule has 2 N–H and O–H groups in total. The number of carbonyl (C=O) groups is 2. The van der Waals surface area contributed by atoms with Crippen LogP contribution < -0.4 is 15.4 Å². The average molecular weight is 478 g/mol. The Balaban J connectivity index is 1.70. The minimum absolute atomic E-state index is 0.272. The van der Waals surface area contributed by atoms with Crippen molar-refractivity contribution in [2.45, 2.75) is 6.92 Å². The summed E-state index contributed by atoms with van der Waals surface area (Å²) < 4.78 is 6.68. The molecule has 4 aromatic carbocycles. The molecule has 0 fully saturated rings. The molecule has 0 unspecified atom stereocenters. The van der Waals surface area contributed by atoms with E-state index in [0.29, 0.717) is 56.3 Å². The number of benzene rings is 4. The summed E-state index contributed by atoms with van der Waals surface area (Å²) in [5.74, 6) is -0.0809. The molecule has 0 radical (unpaired) electrons. The van der Waals surface area contributed by atoms with Crippen LogP contribution in [0.15, 0.2) is 102 Å². The third-order valence-electron chi connectivity index (χ3n) is 5.77. The van der Waals surface area contributed by atoms with Gasteiger partial charge < -0.3 is 15.3 Å². The summed E-state index contributed by atoms with van der Waals surface area (Å²) >= 11 is 0. The van der Waals surface area contributed by atoms with Crippen LogP contribution in [0.5, 0.6) is 5.75 Å². The molecule has 0 atom stereocenters. The van der Waals surface area contributed by atoms with Gasteiger partial charge in [-0.1, -0.05) is 36.4 Å². The van der Waals surface area contributed by atoms with Crippen molar-refractivity contribution in [3.05, 3.63) is 114 Å². The number of hydrogen-bond donors (Lipinski definition) is 2. The number of amides is 2. The van der Waals surface area contributed by atoms with Crippen molar-refractivity contribution < 1.29 is 19.5 Å². The van der Waals surface area contributed by atoms with Crippen LogP contribution in [0, 0.1) is 0 Å². The predicted octanol–water partition coefficient (Wildman–Crippen LogP) is 5.42. The molecule has 1 heterocycles. The third kappa shape index (κ3) is 4.42. The Morgan fingerprint density at radius 3 is 2.22 bits per heavy atom. The summed E-state index contributed by atoms with van der Waals surface area (Å²) in [5, 5.41) is 15.5. The molecule has 7 nitrogen and oxygen atoms in total. The highest BCUT2D eigenvalue weighted by molar-refractivity contribution is 6.05. The van der Waals surface area contributed by atoms with Crippen molar-refractivity contribution in [1.82, 2.24) is 4.73 Å². The van der Waals surface area contributed by atoms with E-state index in [-0.39, 0.29) is 5.91 Å². The van der Waals surface area contributed by atoms with Crippen LogP contribution >= 0.6 is 0 Å². The SMILES string of the molecule is CCOc1ccc2c(c1)c(=NC(=O)c1ccccc1)c1ccc(NC(=O)c3ccccc3)cc1n2O. The van der Waals surface area contributed by atoms with Crippen molar-refractivity contribution in [2.75, 3.05) is 11.9 Å². The van der Waals surface area contributed by atoms with E-state index >= 15 is 0 Å². The number of carbonyl (C=O) groups excluding carboxylic acids is 2.